The maximum atomic E-state index is 6.09. The van der Waals surface area contributed by atoms with Crippen molar-refractivity contribution < 1.29 is 4.74 Å². The number of nitrogen functional groups attached to an aromatic ring is 1. The molecule has 2 N–H and O–H groups in total. The minimum Gasteiger partial charge on any atom is -0.487 e. The molecule has 0 saturated heterocycles. The SMILES string of the molecule is Nc1ccccc1OCc1ccc(Br)cc1Cl. The number of benzene rings is 2. The van der Waals surface area contributed by atoms with E-state index >= 15 is 0 Å². The standard InChI is InChI=1S/C13H11BrClNO/c14-10-6-5-9(11(15)7-10)8-17-13-4-2-1-3-12(13)16/h1-7H,8,16H2. The largest absolute Gasteiger partial charge is 0.487 e. The molecule has 2 rings (SSSR count). The van der Waals surface area contributed by atoms with Crippen molar-refractivity contribution in [2.45, 2.75) is 6.61 Å². The molecule has 0 unspecified atom stereocenters. The molecule has 0 aliphatic heterocycles. The summed E-state index contributed by atoms with van der Waals surface area (Å²) in [5.74, 6) is 0.673. The van der Waals surface area contributed by atoms with E-state index in [1.165, 1.54) is 0 Å². The van der Waals surface area contributed by atoms with Crippen molar-refractivity contribution in [2.24, 2.45) is 0 Å². The number of para-hydroxylation sites is 2. The first kappa shape index (κ1) is 12.3. The summed E-state index contributed by atoms with van der Waals surface area (Å²) in [6, 6.07) is 13.1. The van der Waals surface area contributed by atoms with Gasteiger partial charge in [0.25, 0.3) is 0 Å². The quantitative estimate of drug-likeness (QED) is 0.859. The van der Waals surface area contributed by atoms with Gasteiger partial charge in [0.2, 0.25) is 0 Å². The molecule has 0 radical (unpaired) electrons. The summed E-state index contributed by atoms with van der Waals surface area (Å²) in [6.07, 6.45) is 0. The smallest absolute Gasteiger partial charge is 0.142 e. The Kier molecular flexibility index (Phi) is 3.92. The molecule has 4 heteroatoms. The Morgan fingerprint density at radius 3 is 2.65 bits per heavy atom. The van der Waals surface area contributed by atoms with Crippen molar-refractivity contribution in [3.63, 3.8) is 0 Å². The Bertz CT molecular complexity index is 531. The second-order valence-electron chi connectivity index (χ2n) is 3.56. The van der Waals surface area contributed by atoms with Crippen LogP contribution in [0.5, 0.6) is 5.75 Å². The van der Waals surface area contributed by atoms with Crippen LogP contribution in [0.2, 0.25) is 5.02 Å². The zero-order chi connectivity index (χ0) is 12.3. The highest BCUT2D eigenvalue weighted by Gasteiger charge is 2.03. The lowest BCUT2D eigenvalue weighted by atomic mass is 10.2. The second-order valence-corrected chi connectivity index (χ2v) is 4.89. The molecule has 0 amide bonds. The summed E-state index contributed by atoms with van der Waals surface area (Å²) in [5.41, 5.74) is 7.34. The van der Waals surface area contributed by atoms with Crippen molar-refractivity contribution in [3.8, 4) is 5.75 Å². The van der Waals surface area contributed by atoms with Gasteiger partial charge in [0, 0.05) is 15.1 Å². The van der Waals surface area contributed by atoms with E-state index in [-0.39, 0.29) is 0 Å². The Morgan fingerprint density at radius 1 is 1.18 bits per heavy atom. The molecule has 0 atom stereocenters. The first-order valence-electron chi connectivity index (χ1n) is 5.08. The van der Waals surface area contributed by atoms with Crippen LogP contribution in [0.25, 0.3) is 0 Å². The first-order valence-corrected chi connectivity index (χ1v) is 6.25. The Balaban J connectivity index is 2.10. The maximum absolute atomic E-state index is 6.09. The van der Waals surface area contributed by atoms with Crippen molar-refractivity contribution in [1.82, 2.24) is 0 Å². The third kappa shape index (κ3) is 3.14. The van der Waals surface area contributed by atoms with E-state index in [9.17, 15) is 0 Å². The lowest BCUT2D eigenvalue weighted by Crippen LogP contribution is -1.99. The van der Waals surface area contributed by atoms with Gasteiger partial charge in [-0.05, 0) is 24.3 Å². The second kappa shape index (κ2) is 5.43. The molecule has 0 aliphatic rings. The van der Waals surface area contributed by atoms with Crippen LogP contribution in [0.4, 0.5) is 5.69 Å². The van der Waals surface area contributed by atoms with Gasteiger partial charge in [0.15, 0.2) is 0 Å². The highest BCUT2D eigenvalue weighted by molar-refractivity contribution is 9.10. The number of ether oxygens (including phenoxy) is 1. The van der Waals surface area contributed by atoms with Gasteiger partial charge in [0.05, 0.1) is 5.69 Å². The van der Waals surface area contributed by atoms with Gasteiger partial charge in [-0.1, -0.05) is 45.7 Å². The summed E-state index contributed by atoms with van der Waals surface area (Å²) in [7, 11) is 0. The molecule has 2 aromatic carbocycles. The van der Waals surface area contributed by atoms with Crippen LogP contribution in [0.1, 0.15) is 5.56 Å². The van der Waals surface area contributed by atoms with Crippen LogP contribution >= 0.6 is 27.5 Å². The number of hydrogen-bond donors (Lipinski definition) is 1. The third-order valence-electron chi connectivity index (χ3n) is 2.32. The van der Waals surface area contributed by atoms with E-state index in [0.717, 1.165) is 10.0 Å². The average molecular weight is 313 g/mol. The van der Waals surface area contributed by atoms with Crippen LogP contribution in [0, 0.1) is 0 Å². The molecule has 0 saturated carbocycles. The molecule has 0 heterocycles. The van der Waals surface area contributed by atoms with Crippen molar-refractivity contribution in [3.05, 3.63) is 57.5 Å². The fourth-order valence-electron chi connectivity index (χ4n) is 1.41. The van der Waals surface area contributed by atoms with Crippen LogP contribution in [0.3, 0.4) is 0 Å². The highest BCUT2D eigenvalue weighted by Crippen LogP contribution is 2.25. The van der Waals surface area contributed by atoms with Crippen LogP contribution < -0.4 is 10.5 Å². The van der Waals surface area contributed by atoms with E-state index < -0.39 is 0 Å². The van der Waals surface area contributed by atoms with Gasteiger partial charge in [-0.25, -0.2) is 0 Å². The number of nitrogens with two attached hydrogens (primary N) is 1. The monoisotopic (exact) mass is 311 g/mol. The fraction of sp³-hybridized carbons (Fsp3) is 0.0769. The predicted octanol–water partition coefficient (Wildman–Crippen LogP) is 4.26. The summed E-state index contributed by atoms with van der Waals surface area (Å²) in [4.78, 5) is 0. The van der Waals surface area contributed by atoms with E-state index in [0.29, 0.717) is 23.1 Å². The van der Waals surface area contributed by atoms with Gasteiger partial charge in [-0.2, -0.15) is 0 Å². The molecular formula is C13H11BrClNO. The highest BCUT2D eigenvalue weighted by atomic mass is 79.9. The van der Waals surface area contributed by atoms with Crippen LogP contribution in [0.15, 0.2) is 46.9 Å². The molecule has 88 valence electrons. The van der Waals surface area contributed by atoms with E-state index in [1.807, 2.05) is 36.4 Å². The lowest BCUT2D eigenvalue weighted by Gasteiger charge is -2.09. The summed E-state index contributed by atoms with van der Waals surface area (Å²) < 4.78 is 6.57. The molecule has 2 nitrogen and oxygen atoms in total. The molecule has 2 aromatic rings. The fourth-order valence-corrected chi connectivity index (χ4v) is 2.13. The molecule has 0 fully saturated rings. The summed E-state index contributed by atoms with van der Waals surface area (Å²) in [5, 5.41) is 0.675. The van der Waals surface area contributed by atoms with Crippen molar-refractivity contribution in [2.75, 3.05) is 5.73 Å². The number of anilines is 1. The molecule has 0 aromatic heterocycles. The van der Waals surface area contributed by atoms with Crippen LogP contribution in [-0.4, -0.2) is 0 Å². The summed E-state index contributed by atoms with van der Waals surface area (Å²) >= 11 is 9.45. The molecule has 17 heavy (non-hydrogen) atoms. The zero-order valence-electron chi connectivity index (χ0n) is 8.99. The Hall–Kier alpha value is -1.19. The third-order valence-corrected chi connectivity index (χ3v) is 3.16. The van der Waals surface area contributed by atoms with Gasteiger partial charge < -0.3 is 10.5 Å². The van der Waals surface area contributed by atoms with Crippen LogP contribution in [-0.2, 0) is 6.61 Å². The zero-order valence-corrected chi connectivity index (χ0v) is 11.3. The van der Waals surface area contributed by atoms with Gasteiger partial charge in [-0.15, -0.1) is 0 Å². The van der Waals surface area contributed by atoms with E-state index in [4.69, 9.17) is 22.1 Å². The van der Waals surface area contributed by atoms with E-state index in [1.54, 1.807) is 6.07 Å². The van der Waals surface area contributed by atoms with Gasteiger partial charge >= 0.3 is 0 Å². The first-order chi connectivity index (χ1) is 8.16. The molecule has 0 aliphatic carbocycles. The number of halogens is 2. The predicted molar refractivity (Wildman–Crippen MR) is 74.3 cm³/mol. The van der Waals surface area contributed by atoms with Crippen molar-refractivity contribution in [1.29, 1.82) is 0 Å². The number of hydrogen-bond acceptors (Lipinski definition) is 2. The normalized spacial score (nSPS) is 10.2. The minimum atomic E-state index is 0.403. The lowest BCUT2D eigenvalue weighted by molar-refractivity contribution is 0.308. The number of rotatable bonds is 3. The van der Waals surface area contributed by atoms with E-state index in [2.05, 4.69) is 15.9 Å². The van der Waals surface area contributed by atoms with Gasteiger partial charge in [0.1, 0.15) is 12.4 Å². The molecular weight excluding hydrogens is 302 g/mol. The molecule has 0 bridgehead atoms. The average Bonchev–Trinajstić information content (AvgIpc) is 2.30. The molecule has 0 spiro atoms. The van der Waals surface area contributed by atoms with Gasteiger partial charge in [-0.3, -0.25) is 0 Å². The minimum absolute atomic E-state index is 0.403. The maximum Gasteiger partial charge on any atom is 0.142 e. The topological polar surface area (TPSA) is 35.2 Å². The Morgan fingerprint density at radius 2 is 1.94 bits per heavy atom. The Labute approximate surface area is 113 Å². The van der Waals surface area contributed by atoms with Crippen molar-refractivity contribution >= 4 is 33.2 Å². The summed E-state index contributed by atoms with van der Waals surface area (Å²) in [6.45, 7) is 0.403.